The van der Waals surface area contributed by atoms with Gasteiger partial charge in [-0.3, -0.25) is 19.0 Å². The average Bonchev–Trinajstić information content (AvgIpc) is 3.80. The van der Waals surface area contributed by atoms with E-state index in [1.807, 2.05) is 83.9 Å². The number of rotatable bonds is 8. The van der Waals surface area contributed by atoms with Crippen LogP contribution in [-0.2, 0) is 57.7 Å². The summed E-state index contributed by atoms with van der Waals surface area (Å²) in [4.78, 5) is 49.9. The Morgan fingerprint density at radius 1 is 0.836 bits per heavy atom. The van der Waals surface area contributed by atoms with Crippen molar-refractivity contribution < 1.29 is 23.5 Å². The summed E-state index contributed by atoms with van der Waals surface area (Å²) in [6, 6.07) is 30.8. The second kappa shape index (κ2) is 17.0. The molecule has 3 aromatic heterocycles. The maximum atomic E-state index is 15.2. The molecular weight excluding hydrogens is 849 g/mol. The fourth-order valence-electron chi connectivity index (χ4n) is 10.6. The monoisotopic (exact) mass is 901 g/mol. The number of hydrogen-bond acceptors (Lipinski definition) is 6. The molecule has 1 fully saturated rings. The summed E-state index contributed by atoms with van der Waals surface area (Å²) >= 11 is 0. The minimum atomic E-state index is -2.56. The summed E-state index contributed by atoms with van der Waals surface area (Å²) in [7, 11) is 3.69. The molecule has 1 atom stereocenters. The third-order valence-corrected chi connectivity index (χ3v) is 14.7. The molecule has 6 heterocycles. The van der Waals surface area contributed by atoms with Gasteiger partial charge in [0, 0.05) is 100 Å². The minimum absolute atomic E-state index is 0.0140. The van der Waals surface area contributed by atoms with E-state index in [0.717, 1.165) is 46.5 Å². The van der Waals surface area contributed by atoms with Crippen LogP contribution in [0.15, 0.2) is 95.8 Å². The molecule has 0 spiro atoms. The Balaban J connectivity index is 1.01. The molecular formula is C54H53F2N7O4. The molecule has 4 aromatic carbocycles. The van der Waals surface area contributed by atoms with Crippen LogP contribution < -0.4 is 5.56 Å². The van der Waals surface area contributed by atoms with Crippen molar-refractivity contribution in [1.82, 2.24) is 28.4 Å². The van der Waals surface area contributed by atoms with Crippen LogP contribution in [-0.4, -0.2) is 83.5 Å². The Bertz CT molecular complexity index is 3220. The zero-order valence-corrected chi connectivity index (χ0v) is 38.3. The van der Waals surface area contributed by atoms with Gasteiger partial charge < -0.3 is 28.9 Å². The van der Waals surface area contributed by atoms with Gasteiger partial charge in [-0.2, -0.15) is 5.26 Å². The van der Waals surface area contributed by atoms with Crippen LogP contribution in [0.4, 0.5) is 8.78 Å². The maximum Gasteiger partial charge on any atom is 0.265 e. The summed E-state index contributed by atoms with van der Waals surface area (Å²) < 4.78 is 32.6. The molecule has 0 radical (unpaired) electrons. The number of pyridine rings is 1. The number of phenolic OH excluding ortho intramolecular Hbond substituents is 1. The third kappa shape index (κ3) is 7.86. The Hall–Kier alpha value is -7.04. The van der Waals surface area contributed by atoms with Crippen LogP contribution in [0.2, 0.25) is 0 Å². The van der Waals surface area contributed by atoms with Gasteiger partial charge in [-0.15, -0.1) is 0 Å². The number of phenols is 1. The number of likely N-dealkylation sites (tertiary alicyclic amines) is 1. The number of hydrogen-bond donors (Lipinski definition) is 1. The van der Waals surface area contributed by atoms with Crippen molar-refractivity contribution in [2.24, 2.45) is 14.1 Å². The Morgan fingerprint density at radius 2 is 1.54 bits per heavy atom. The van der Waals surface area contributed by atoms with Crippen molar-refractivity contribution in [1.29, 1.82) is 5.26 Å². The summed E-state index contributed by atoms with van der Waals surface area (Å²) in [5.74, 6) is -2.66. The first-order valence-corrected chi connectivity index (χ1v) is 23.1. The van der Waals surface area contributed by atoms with Gasteiger partial charge in [-0.05, 0) is 109 Å². The quantitative estimate of drug-likeness (QED) is 0.164. The number of carbonyl (C=O) groups excluding carboxylic acids is 2. The van der Waals surface area contributed by atoms with Gasteiger partial charge in [0.05, 0.1) is 28.2 Å². The van der Waals surface area contributed by atoms with Gasteiger partial charge in [-0.25, -0.2) is 8.78 Å². The fraction of sp³-hybridized carbons (Fsp3) is 0.333. The lowest BCUT2D eigenvalue weighted by molar-refractivity contribution is -0.131. The second-order valence-corrected chi connectivity index (χ2v) is 18.8. The van der Waals surface area contributed by atoms with Gasteiger partial charge in [-0.1, -0.05) is 48.5 Å². The number of benzene rings is 4. The Kier molecular flexibility index (Phi) is 11.1. The summed E-state index contributed by atoms with van der Waals surface area (Å²) in [5.41, 5.74) is 10.5. The van der Waals surface area contributed by atoms with Crippen LogP contribution in [0, 0.1) is 18.3 Å². The van der Waals surface area contributed by atoms with Gasteiger partial charge >= 0.3 is 0 Å². The molecule has 0 unspecified atom stereocenters. The molecule has 0 saturated carbocycles. The van der Waals surface area contributed by atoms with E-state index in [4.69, 9.17) is 0 Å². The topological polar surface area (TPSA) is 120 Å². The number of fused-ring (bicyclic) bond motifs is 5. The Morgan fingerprint density at radius 3 is 2.25 bits per heavy atom. The molecule has 1 saturated heterocycles. The lowest BCUT2D eigenvalue weighted by Crippen LogP contribution is -2.43. The molecule has 1 N–H and O–H groups in total. The molecule has 7 aromatic rings. The number of alkyl halides is 2. The molecule has 3 aliphatic rings. The van der Waals surface area contributed by atoms with Crippen LogP contribution in [0.3, 0.4) is 0 Å². The molecule has 3 aliphatic heterocycles. The number of aromatic hydroxyl groups is 1. The van der Waals surface area contributed by atoms with Crippen LogP contribution in [0.5, 0.6) is 5.75 Å². The minimum Gasteiger partial charge on any atom is -0.508 e. The van der Waals surface area contributed by atoms with E-state index in [1.54, 1.807) is 21.3 Å². The number of nitriles is 1. The number of carbonyl (C=O) groups is 2. The van der Waals surface area contributed by atoms with E-state index in [0.29, 0.717) is 95.6 Å². The largest absolute Gasteiger partial charge is 0.508 e. The SMILES string of the molecule is Cc1c2c(c(C#N)n1C)c1c(cc(-c3cc4c(cc3C(=O)N3Cc5ccccc5C[C@H]3C)CN(C(=O)Cc3ccc(CCN5CCC(F)(F)CC5)cc3)CC4)n1C)c(=O)n2-c1ccc(O)cc1. The molecule has 342 valence electrons. The van der Waals surface area contributed by atoms with E-state index in [9.17, 15) is 28.7 Å². The van der Waals surface area contributed by atoms with Gasteiger partial charge in [0.25, 0.3) is 17.4 Å². The highest BCUT2D eigenvalue weighted by Crippen LogP contribution is 2.39. The highest BCUT2D eigenvalue weighted by molar-refractivity contribution is 6.11. The zero-order chi connectivity index (χ0) is 46.9. The lowest BCUT2D eigenvalue weighted by atomic mass is 9.89. The number of amides is 2. The number of piperidine rings is 1. The van der Waals surface area contributed by atoms with E-state index >= 15 is 4.79 Å². The van der Waals surface area contributed by atoms with E-state index in [2.05, 4.69) is 36.1 Å². The van der Waals surface area contributed by atoms with Crippen LogP contribution in [0.1, 0.15) is 74.9 Å². The maximum absolute atomic E-state index is 15.2. The van der Waals surface area contributed by atoms with Crippen LogP contribution >= 0.6 is 0 Å². The van der Waals surface area contributed by atoms with Crippen molar-refractivity contribution in [3.63, 3.8) is 0 Å². The van der Waals surface area contributed by atoms with Crippen LogP contribution in [0.25, 0.3) is 38.8 Å². The highest BCUT2D eigenvalue weighted by atomic mass is 19.3. The first-order valence-electron chi connectivity index (χ1n) is 23.1. The smallest absolute Gasteiger partial charge is 0.265 e. The molecule has 0 bridgehead atoms. The van der Waals surface area contributed by atoms with Crippen molar-refractivity contribution in [3.05, 3.63) is 152 Å². The first-order chi connectivity index (χ1) is 32.2. The molecule has 10 rings (SSSR count). The summed E-state index contributed by atoms with van der Waals surface area (Å²) in [5, 5.41) is 21.7. The molecule has 67 heavy (non-hydrogen) atoms. The molecule has 0 aliphatic carbocycles. The standard InChI is InChI=1S/C54H53F2N7O4/c1-33-25-37-7-5-6-8-39(37)32-62(33)52(66)44-28-40-31-61(48(65)26-36-11-9-35(10-12-36)17-21-60-23-19-54(55,56)20-24-60)22-18-38(40)27-43(44)46-29-45-51(59(46)4)49-47(30-57)58(3)34(2)50(49)63(53(45)67)41-13-15-42(64)16-14-41/h5-16,27-29,33,64H,17-26,31-32H2,1-4H3/t33-/m1/s1. The number of nitrogens with zero attached hydrogens (tertiary/aromatic N) is 7. The van der Waals surface area contributed by atoms with E-state index < -0.39 is 5.92 Å². The molecule has 11 nitrogen and oxygen atoms in total. The highest BCUT2D eigenvalue weighted by Gasteiger charge is 2.35. The van der Waals surface area contributed by atoms with Crippen molar-refractivity contribution in [3.8, 4) is 28.8 Å². The Labute approximate surface area is 387 Å². The van der Waals surface area contributed by atoms with Crippen molar-refractivity contribution in [2.45, 2.75) is 77.4 Å². The van der Waals surface area contributed by atoms with Gasteiger partial charge in [0.1, 0.15) is 17.5 Å². The lowest BCUT2D eigenvalue weighted by Gasteiger charge is -2.36. The first kappa shape index (κ1) is 43.8. The van der Waals surface area contributed by atoms with Gasteiger partial charge in [0.2, 0.25) is 5.91 Å². The molecule has 13 heteroatoms. The number of aryl methyl sites for hydroxylation is 2. The van der Waals surface area contributed by atoms with Crippen molar-refractivity contribution >= 4 is 33.6 Å². The van der Waals surface area contributed by atoms with E-state index in [-0.39, 0.29) is 48.4 Å². The van der Waals surface area contributed by atoms with Gasteiger partial charge in [0.15, 0.2) is 0 Å². The summed E-state index contributed by atoms with van der Waals surface area (Å²) in [6.07, 6.45) is 2.05. The third-order valence-electron chi connectivity index (χ3n) is 14.7. The molecule has 2 amide bonds. The zero-order valence-electron chi connectivity index (χ0n) is 38.3. The van der Waals surface area contributed by atoms with E-state index in [1.165, 1.54) is 17.7 Å². The average molecular weight is 902 g/mol. The number of halogens is 2. The summed E-state index contributed by atoms with van der Waals surface area (Å²) in [6.45, 7) is 6.74. The number of aromatic nitrogens is 3. The predicted molar refractivity (Wildman–Crippen MR) is 255 cm³/mol. The normalized spacial score (nSPS) is 17.1. The fourth-order valence-corrected chi connectivity index (χ4v) is 10.6. The predicted octanol–water partition coefficient (Wildman–Crippen LogP) is 8.36. The van der Waals surface area contributed by atoms with Crippen molar-refractivity contribution in [2.75, 3.05) is 26.2 Å². The second-order valence-electron chi connectivity index (χ2n) is 18.8.